The van der Waals surface area contributed by atoms with Crippen molar-refractivity contribution in [3.05, 3.63) is 48.3 Å². The molecule has 0 aliphatic carbocycles. The molecule has 0 spiro atoms. The van der Waals surface area contributed by atoms with E-state index in [1.54, 1.807) is 23.0 Å². The van der Waals surface area contributed by atoms with E-state index in [-0.39, 0.29) is 5.91 Å². The van der Waals surface area contributed by atoms with Crippen molar-refractivity contribution in [2.75, 3.05) is 12.3 Å². The third kappa shape index (κ3) is 2.32. The van der Waals surface area contributed by atoms with Crippen LogP contribution in [0.3, 0.4) is 0 Å². The van der Waals surface area contributed by atoms with Crippen LogP contribution in [0.5, 0.6) is 0 Å². The number of carbonyl (C=O) groups excluding carboxylic acids is 1. The number of nitrogens with two attached hydrogens (primary N) is 1. The highest BCUT2D eigenvalue weighted by Gasteiger charge is 2.20. The third-order valence-corrected chi connectivity index (χ3v) is 3.74. The molecule has 1 aliphatic heterocycles. The predicted molar refractivity (Wildman–Crippen MR) is 85.4 cm³/mol. The van der Waals surface area contributed by atoms with Gasteiger partial charge in [0.1, 0.15) is 11.4 Å². The molecule has 0 radical (unpaired) electrons. The number of fused-ring (bicyclic) bond motifs is 1. The van der Waals surface area contributed by atoms with Crippen molar-refractivity contribution < 1.29 is 4.79 Å². The van der Waals surface area contributed by atoms with Crippen LogP contribution in [0.2, 0.25) is 0 Å². The van der Waals surface area contributed by atoms with Gasteiger partial charge in [-0.2, -0.15) is 5.10 Å². The maximum Gasteiger partial charge on any atom is 0.269 e. The smallest absolute Gasteiger partial charge is 0.269 e. The van der Waals surface area contributed by atoms with Gasteiger partial charge in [0, 0.05) is 24.0 Å². The average molecular weight is 306 g/mol. The third-order valence-electron chi connectivity index (χ3n) is 3.74. The van der Waals surface area contributed by atoms with E-state index in [1.807, 2.05) is 24.3 Å². The normalized spacial score (nSPS) is 13.5. The van der Waals surface area contributed by atoms with Crippen molar-refractivity contribution >= 4 is 11.6 Å². The monoisotopic (exact) mass is 306 g/mol. The molecule has 0 unspecified atom stereocenters. The molecule has 7 heteroatoms. The van der Waals surface area contributed by atoms with Crippen LogP contribution in [-0.2, 0) is 6.54 Å². The summed E-state index contributed by atoms with van der Waals surface area (Å²) in [6.07, 6.45) is 1.67. The summed E-state index contributed by atoms with van der Waals surface area (Å²) in [5, 5.41) is 7.26. The van der Waals surface area contributed by atoms with Gasteiger partial charge in [0.15, 0.2) is 5.82 Å². The van der Waals surface area contributed by atoms with Gasteiger partial charge in [-0.25, -0.2) is 9.97 Å². The Morgan fingerprint density at radius 1 is 1.17 bits per heavy atom. The number of hydrogen-bond acceptors (Lipinski definition) is 5. The van der Waals surface area contributed by atoms with Gasteiger partial charge in [-0.05, 0) is 24.3 Å². The maximum atomic E-state index is 11.8. The number of aromatic nitrogens is 4. The fourth-order valence-corrected chi connectivity index (χ4v) is 2.59. The van der Waals surface area contributed by atoms with Gasteiger partial charge in [0.05, 0.1) is 12.2 Å². The van der Waals surface area contributed by atoms with Gasteiger partial charge >= 0.3 is 0 Å². The Balaban J connectivity index is 1.78. The Kier molecular flexibility index (Phi) is 3.04. The highest BCUT2D eigenvalue weighted by Crippen LogP contribution is 2.25. The summed E-state index contributed by atoms with van der Waals surface area (Å²) in [5.41, 5.74) is 9.23. The molecule has 1 aromatic carbocycles. The highest BCUT2D eigenvalue weighted by atomic mass is 16.2. The zero-order valence-electron chi connectivity index (χ0n) is 12.2. The summed E-state index contributed by atoms with van der Waals surface area (Å²) in [5.74, 6) is 0.424. The lowest BCUT2D eigenvalue weighted by Gasteiger charge is -2.13. The molecule has 0 atom stereocenters. The predicted octanol–water partition coefficient (Wildman–Crippen LogP) is 1.33. The fourth-order valence-electron chi connectivity index (χ4n) is 2.59. The lowest BCUT2D eigenvalue weighted by Crippen LogP contribution is -2.35. The van der Waals surface area contributed by atoms with Gasteiger partial charge < -0.3 is 11.1 Å². The fraction of sp³-hybridized carbons (Fsp3) is 0.125. The Morgan fingerprint density at radius 2 is 2.04 bits per heavy atom. The number of rotatable bonds is 2. The lowest BCUT2D eigenvalue weighted by atomic mass is 10.1. The van der Waals surface area contributed by atoms with Crippen LogP contribution in [0, 0.1) is 0 Å². The first kappa shape index (κ1) is 13.4. The first-order chi connectivity index (χ1) is 11.2. The Morgan fingerprint density at radius 3 is 2.87 bits per heavy atom. The summed E-state index contributed by atoms with van der Waals surface area (Å²) in [6, 6.07) is 11.0. The van der Waals surface area contributed by atoms with Crippen molar-refractivity contribution in [1.82, 2.24) is 25.1 Å². The number of carbonyl (C=O) groups is 1. The summed E-state index contributed by atoms with van der Waals surface area (Å²) in [4.78, 5) is 20.7. The molecular weight excluding hydrogens is 292 g/mol. The molecule has 2 aromatic heterocycles. The topological polar surface area (TPSA) is 98.7 Å². The second-order valence-electron chi connectivity index (χ2n) is 5.25. The second-order valence-corrected chi connectivity index (χ2v) is 5.25. The molecule has 1 amide bonds. The summed E-state index contributed by atoms with van der Waals surface area (Å²) < 4.78 is 1.70. The van der Waals surface area contributed by atoms with Crippen LogP contribution >= 0.6 is 0 Å². The summed E-state index contributed by atoms with van der Waals surface area (Å²) in [7, 11) is 0. The molecule has 0 fully saturated rings. The van der Waals surface area contributed by atoms with Crippen LogP contribution in [-0.4, -0.2) is 32.2 Å². The molecule has 0 saturated carbocycles. The van der Waals surface area contributed by atoms with Gasteiger partial charge in [0.2, 0.25) is 0 Å². The summed E-state index contributed by atoms with van der Waals surface area (Å²) in [6.45, 7) is 1.24. The number of nitrogens with zero attached hydrogens (tertiary/aromatic N) is 4. The van der Waals surface area contributed by atoms with E-state index in [0.717, 1.165) is 5.56 Å². The van der Waals surface area contributed by atoms with Gasteiger partial charge in [-0.3, -0.25) is 9.48 Å². The van der Waals surface area contributed by atoms with Crippen molar-refractivity contribution in [2.45, 2.75) is 6.54 Å². The maximum absolute atomic E-state index is 11.8. The molecule has 1 aliphatic rings. The van der Waals surface area contributed by atoms with Gasteiger partial charge in [0.25, 0.3) is 5.91 Å². The molecule has 114 valence electrons. The zero-order chi connectivity index (χ0) is 15.8. The first-order valence-electron chi connectivity index (χ1n) is 7.27. The number of nitrogens with one attached hydrogen (secondary N) is 1. The van der Waals surface area contributed by atoms with Crippen LogP contribution < -0.4 is 11.1 Å². The zero-order valence-corrected chi connectivity index (χ0v) is 12.2. The minimum atomic E-state index is -0.114. The first-order valence-corrected chi connectivity index (χ1v) is 7.27. The van der Waals surface area contributed by atoms with E-state index in [4.69, 9.17) is 5.73 Å². The van der Waals surface area contributed by atoms with E-state index in [9.17, 15) is 4.79 Å². The largest absolute Gasteiger partial charge is 0.398 e. The van der Waals surface area contributed by atoms with Crippen molar-refractivity contribution in [2.24, 2.45) is 0 Å². The van der Waals surface area contributed by atoms with E-state index >= 15 is 0 Å². The van der Waals surface area contributed by atoms with Crippen molar-refractivity contribution in [1.29, 1.82) is 0 Å². The van der Waals surface area contributed by atoms with Gasteiger partial charge in [-0.15, -0.1) is 0 Å². The number of hydrogen-bond donors (Lipinski definition) is 2. The standard InChI is InChI=1S/C16H14N6O/c17-11-4-2-1-3-10(11)15-18-6-5-12(20-15)13-9-14-16(23)19-7-8-22(14)21-13/h1-6,9H,7-8,17H2,(H,19,23). The average Bonchev–Trinajstić information content (AvgIpc) is 3.01. The van der Waals surface area contributed by atoms with Crippen LogP contribution in [0.4, 0.5) is 5.69 Å². The molecule has 3 N–H and O–H groups in total. The van der Waals surface area contributed by atoms with Crippen molar-refractivity contribution in [3.8, 4) is 22.8 Å². The number of nitrogen functional groups attached to an aromatic ring is 1. The minimum Gasteiger partial charge on any atom is -0.398 e. The second kappa shape index (κ2) is 5.20. The van der Waals surface area contributed by atoms with Gasteiger partial charge in [-0.1, -0.05) is 12.1 Å². The van der Waals surface area contributed by atoms with E-state index in [2.05, 4.69) is 20.4 Å². The molecular formula is C16H14N6O. The number of benzene rings is 1. The molecule has 3 heterocycles. The highest BCUT2D eigenvalue weighted by molar-refractivity contribution is 5.94. The number of para-hydroxylation sites is 1. The molecule has 0 bridgehead atoms. The molecule has 7 nitrogen and oxygen atoms in total. The molecule has 0 saturated heterocycles. The number of amides is 1. The summed E-state index contributed by atoms with van der Waals surface area (Å²) >= 11 is 0. The lowest BCUT2D eigenvalue weighted by molar-refractivity contribution is 0.0924. The SMILES string of the molecule is Nc1ccccc1-c1nccc(-c2cc3n(n2)CCNC3=O)n1. The van der Waals surface area contributed by atoms with Crippen LogP contribution in [0.1, 0.15) is 10.5 Å². The van der Waals surface area contributed by atoms with Crippen LogP contribution in [0.25, 0.3) is 22.8 Å². The molecule has 4 rings (SSSR count). The quantitative estimate of drug-likeness (QED) is 0.696. The van der Waals surface area contributed by atoms with E-state index in [0.29, 0.717) is 41.7 Å². The Bertz CT molecular complexity index is 901. The molecule has 3 aromatic rings. The Labute approximate surface area is 132 Å². The van der Waals surface area contributed by atoms with Crippen LogP contribution in [0.15, 0.2) is 42.6 Å². The number of anilines is 1. The van der Waals surface area contributed by atoms with E-state index < -0.39 is 0 Å². The van der Waals surface area contributed by atoms with Crippen molar-refractivity contribution in [3.63, 3.8) is 0 Å². The van der Waals surface area contributed by atoms with E-state index in [1.165, 1.54) is 0 Å². The minimum absolute atomic E-state index is 0.114. The molecule has 23 heavy (non-hydrogen) atoms. The Hall–Kier alpha value is -3.22.